The highest BCUT2D eigenvalue weighted by Gasteiger charge is 2.17. The fourth-order valence-electron chi connectivity index (χ4n) is 6.40. The van der Waals surface area contributed by atoms with Gasteiger partial charge in [0.2, 0.25) is 5.89 Å². The Labute approximate surface area is 271 Å². The molecule has 0 fully saturated rings. The molecule has 0 aliphatic carbocycles. The zero-order chi connectivity index (χ0) is 31.2. The lowest BCUT2D eigenvalue weighted by Gasteiger charge is -2.26. The average molecular weight is 605 g/mol. The smallest absolute Gasteiger partial charge is 0.227 e. The van der Waals surface area contributed by atoms with Gasteiger partial charge in [-0.15, -0.1) is 0 Å². The standard InChI is InChI=1S/C43H28N2O2/c1-4-11-29(12-5-1)30-19-23-34(24-20-30)45(33-15-8-3-9-16-33)35-25-21-31(22-26-35)36-17-10-18-37-38-27-39-41(28-40(38)46-42(36)37)47-43(44-39)32-13-6-2-7-14-32/h1-28H. The maximum atomic E-state index is 6.53. The van der Waals surface area contributed by atoms with Crippen molar-refractivity contribution in [3.8, 4) is 33.7 Å². The van der Waals surface area contributed by atoms with Crippen molar-refractivity contribution in [3.63, 3.8) is 0 Å². The van der Waals surface area contributed by atoms with E-state index in [-0.39, 0.29) is 0 Å². The molecule has 0 bridgehead atoms. The first-order valence-corrected chi connectivity index (χ1v) is 15.7. The number of benzene rings is 7. The average Bonchev–Trinajstić information content (AvgIpc) is 3.73. The van der Waals surface area contributed by atoms with Gasteiger partial charge in [-0.1, -0.05) is 109 Å². The summed E-state index contributed by atoms with van der Waals surface area (Å²) in [5, 5.41) is 2.07. The predicted octanol–water partition coefficient (Wildman–Crippen LogP) is 12.2. The van der Waals surface area contributed by atoms with E-state index in [1.54, 1.807) is 0 Å². The van der Waals surface area contributed by atoms with Crippen LogP contribution < -0.4 is 4.90 Å². The largest absolute Gasteiger partial charge is 0.455 e. The number of hydrogen-bond donors (Lipinski definition) is 0. The lowest BCUT2D eigenvalue weighted by molar-refractivity contribution is 0.617. The Morgan fingerprint density at radius 2 is 0.979 bits per heavy atom. The van der Waals surface area contributed by atoms with E-state index >= 15 is 0 Å². The Kier molecular flexibility index (Phi) is 6.43. The van der Waals surface area contributed by atoms with E-state index in [4.69, 9.17) is 13.8 Å². The van der Waals surface area contributed by atoms with Gasteiger partial charge in [0.15, 0.2) is 5.58 Å². The van der Waals surface area contributed by atoms with Crippen molar-refractivity contribution >= 4 is 50.1 Å². The number of hydrogen-bond acceptors (Lipinski definition) is 4. The van der Waals surface area contributed by atoms with Crippen LogP contribution in [0.1, 0.15) is 0 Å². The van der Waals surface area contributed by atoms with Gasteiger partial charge in [0.25, 0.3) is 0 Å². The number of oxazole rings is 1. The van der Waals surface area contributed by atoms with Gasteiger partial charge in [-0.05, 0) is 71.3 Å². The van der Waals surface area contributed by atoms with Gasteiger partial charge in [0.05, 0.1) is 0 Å². The van der Waals surface area contributed by atoms with Gasteiger partial charge in [0, 0.05) is 45.0 Å². The highest BCUT2D eigenvalue weighted by atomic mass is 16.4. The number of furan rings is 1. The Bertz CT molecular complexity index is 2480. The van der Waals surface area contributed by atoms with E-state index < -0.39 is 0 Å². The molecule has 0 spiro atoms. The predicted molar refractivity (Wildman–Crippen MR) is 192 cm³/mol. The normalized spacial score (nSPS) is 11.4. The summed E-state index contributed by atoms with van der Waals surface area (Å²) in [6, 6.07) is 58.7. The first kappa shape index (κ1) is 27.0. The Balaban J connectivity index is 1.09. The molecule has 0 amide bonds. The summed E-state index contributed by atoms with van der Waals surface area (Å²) in [7, 11) is 0. The lowest BCUT2D eigenvalue weighted by atomic mass is 10.0. The highest BCUT2D eigenvalue weighted by molar-refractivity contribution is 6.12. The van der Waals surface area contributed by atoms with Crippen molar-refractivity contribution in [1.29, 1.82) is 0 Å². The van der Waals surface area contributed by atoms with Crippen LogP contribution in [0, 0.1) is 0 Å². The minimum Gasteiger partial charge on any atom is -0.455 e. The van der Waals surface area contributed by atoms with Gasteiger partial charge < -0.3 is 13.7 Å². The number of nitrogens with zero attached hydrogens (tertiary/aromatic N) is 2. The fraction of sp³-hybridized carbons (Fsp3) is 0. The van der Waals surface area contributed by atoms with Crippen molar-refractivity contribution in [2.24, 2.45) is 0 Å². The summed E-state index contributed by atoms with van der Waals surface area (Å²) in [6.07, 6.45) is 0. The Morgan fingerprint density at radius 3 is 1.66 bits per heavy atom. The maximum absolute atomic E-state index is 6.53. The molecule has 0 unspecified atom stereocenters. The number of aromatic nitrogens is 1. The molecule has 4 nitrogen and oxygen atoms in total. The number of rotatable bonds is 6. The van der Waals surface area contributed by atoms with Crippen molar-refractivity contribution in [1.82, 2.24) is 4.98 Å². The molecule has 2 heterocycles. The van der Waals surface area contributed by atoms with Gasteiger partial charge in [-0.3, -0.25) is 0 Å². The van der Waals surface area contributed by atoms with E-state index in [1.807, 2.05) is 48.5 Å². The summed E-state index contributed by atoms with van der Waals surface area (Å²) in [4.78, 5) is 7.07. The van der Waals surface area contributed by atoms with E-state index in [1.165, 1.54) is 11.1 Å². The molecule has 2 aromatic heterocycles. The van der Waals surface area contributed by atoms with Crippen LogP contribution in [0.2, 0.25) is 0 Å². The molecule has 4 heteroatoms. The molecule has 0 atom stereocenters. The van der Waals surface area contributed by atoms with Gasteiger partial charge in [-0.25, -0.2) is 4.98 Å². The van der Waals surface area contributed by atoms with Gasteiger partial charge in [0.1, 0.15) is 16.7 Å². The van der Waals surface area contributed by atoms with Crippen LogP contribution in [-0.4, -0.2) is 4.98 Å². The van der Waals surface area contributed by atoms with E-state index in [9.17, 15) is 0 Å². The Hall–Kier alpha value is -6.39. The van der Waals surface area contributed by atoms with Gasteiger partial charge in [-0.2, -0.15) is 0 Å². The topological polar surface area (TPSA) is 42.4 Å². The van der Waals surface area contributed by atoms with E-state index in [2.05, 4.69) is 126 Å². The van der Waals surface area contributed by atoms with Crippen LogP contribution >= 0.6 is 0 Å². The van der Waals surface area contributed by atoms with Crippen molar-refractivity contribution in [2.75, 3.05) is 4.90 Å². The molecular weight excluding hydrogens is 576 g/mol. The molecule has 0 aliphatic rings. The summed E-state index contributed by atoms with van der Waals surface area (Å²) < 4.78 is 12.7. The monoisotopic (exact) mass is 604 g/mol. The molecule has 0 aliphatic heterocycles. The summed E-state index contributed by atoms with van der Waals surface area (Å²) in [5.41, 5.74) is 11.9. The van der Waals surface area contributed by atoms with E-state index in [0.717, 1.165) is 61.2 Å². The van der Waals surface area contributed by atoms with Crippen LogP contribution in [0.15, 0.2) is 179 Å². The van der Waals surface area contributed by atoms with Crippen molar-refractivity contribution < 1.29 is 8.83 Å². The minimum atomic E-state index is 0.607. The maximum Gasteiger partial charge on any atom is 0.227 e. The molecule has 0 saturated carbocycles. The fourth-order valence-corrected chi connectivity index (χ4v) is 6.40. The molecule has 0 saturated heterocycles. The Morgan fingerprint density at radius 1 is 0.404 bits per heavy atom. The second kappa shape index (κ2) is 11.2. The molecular formula is C43H28N2O2. The van der Waals surface area contributed by atoms with Crippen LogP contribution in [0.25, 0.3) is 66.7 Å². The summed E-state index contributed by atoms with van der Waals surface area (Å²) >= 11 is 0. The lowest BCUT2D eigenvalue weighted by Crippen LogP contribution is -2.09. The zero-order valence-electron chi connectivity index (χ0n) is 25.4. The molecule has 0 N–H and O–H groups in total. The van der Waals surface area contributed by atoms with Crippen LogP contribution in [-0.2, 0) is 0 Å². The third kappa shape index (κ3) is 4.84. The second-order valence-electron chi connectivity index (χ2n) is 11.6. The molecule has 222 valence electrons. The number of anilines is 3. The molecule has 0 radical (unpaired) electrons. The van der Waals surface area contributed by atoms with Crippen molar-refractivity contribution in [2.45, 2.75) is 0 Å². The second-order valence-corrected chi connectivity index (χ2v) is 11.6. The summed E-state index contributed by atoms with van der Waals surface area (Å²) in [5.74, 6) is 0.607. The third-order valence-electron chi connectivity index (χ3n) is 8.71. The molecule has 7 aromatic carbocycles. The van der Waals surface area contributed by atoms with Gasteiger partial charge >= 0.3 is 0 Å². The zero-order valence-corrected chi connectivity index (χ0v) is 25.4. The third-order valence-corrected chi connectivity index (χ3v) is 8.71. The summed E-state index contributed by atoms with van der Waals surface area (Å²) in [6.45, 7) is 0. The van der Waals surface area contributed by atoms with Crippen LogP contribution in [0.3, 0.4) is 0 Å². The quantitative estimate of drug-likeness (QED) is 0.189. The van der Waals surface area contributed by atoms with Crippen LogP contribution in [0.5, 0.6) is 0 Å². The van der Waals surface area contributed by atoms with Crippen molar-refractivity contribution in [3.05, 3.63) is 170 Å². The molecule has 9 aromatic rings. The SMILES string of the molecule is c1ccc(-c2ccc(N(c3ccccc3)c3ccc(-c4cccc5c4oc4cc6oc(-c7ccccc7)nc6cc45)cc3)cc2)cc1. The first-order chi connectivity index (χ1) is 23.3. The van der Waals surface area contributed by atoms with Crippen LogP contribution in [0.4, 0.5) is 17.1 Å². The van der Waals surface area contributed by atoms with E-state index in [0.29, 0.717) is 11.5 Å². The number of para-hydroxylation sites is 2. The highest BCUT2D eigenvalue weighted by Crippen LogP contribution is 2.40. The number of fused-ring (bicyclic) bond motifs is 4. The molecule has 47 heavy (non-hydrogen) atoms. The minimum absolute atomic E-state index is 0.607. The molecule has 9 rings (SSSR count). The first-order valence-electron chi connectivity index (χ1n) is 15.7.